The smallest absolute Gasteiger partial charge is 0.133 e. The van der Waals surface area contributed by atoms with Gasteiger partial charge in [0.1, 0.15) is 17.3 Å². The van der Waals surface area contributed by atoms with Crippen molar-refractivity contribution in [1.29, 1.82) is 0 Å². The lowest BCUT2D eigenvalue weighted by Crippen LogP contribution is -2.40. The van der Waals surface area contributed by atoms with Crippen LogP contribution >= 0.6 is 0 Å². The average molecular weight is 543 g/mol. The third-order valence-corrected chi connectivity index (χ3v) is 11.0. The SMILES string of the molecule is CCCC12CCC(=O)CC1CCCc1cc(O)ccc12.CCC[C@@]12CCC(=O)C[C@@H]1CCCc1cc(C)ccc12. The fourth-order valence-electron chi connectivity index (χ4n) is 9.33. The molecular formula is C37H50O3. The van der Waals surface area contributed by atoms with Gasteiger partial charge < -0.3 is 5.11 Å². The summed E-state index contributed by atoms with van der Waals surface area (Å²) in [6.07, 6.45) is 17.0. The normalized spacial score (nSPS) is 29.5. The number of aromatic hydroxyl groups is 1. The van der Waals surface area contributed by atoms with Gasteiger partial charge in [-0.05, 0) is 128 Å². The van der Waals surface area contributed by atoms with Gasteiger partial charge in [0.05, 0.1) is 0 Å². The minimum atomic E-state index is 0.183. The number of benzene rings is 2. The molecule has 0 bridgehead atoms. The van der Waals surface area contributed by atoms with Crippen molar-refractivity contribution in [2.24, 2.45) is 11.8 Å². The van der Waals surface area contributed by atoms with Crippen molar-refractivity contribution in [3.63, 3.8) is 0 Å². The molecule has 4 aliphatic rings. The number of ketones is 2. The highest BCUT2D eigenvalue weighted by Gasteiger charge is 2.46. The summed E-state index contributed by atoms with van der Waals surface area (Å²) in [5, 5.41) is 9.78. The zero-order chi connectivity index (χ0) is 28.3. The first-order valence-electron chi connectivity index (χ1n) is 16.3. The number of rotatable bonds is 4. The van der Waals surface area contributed by atoms with E-state index in [0.717, 1.165) is 64.2 Å². The minimum Gasteiger partial charge on any atom is -0.508 e. The molecule has 4 atom stereocenters. The van der Waals surface area contributed by atoms with Crippen molar-refractivity contribution in [2.45, 2.75) is 134 Å². The Kier molecular flexibility index (Phi) is 8.88. The Morgan fingerprint density at radius 2 is 1.23 bits per heavy atom. The van der Waals surface area contributed by atoms with Gasteiger partial charge in [0.2, 0.25) is 0 Å². The van der Waals surface area contributed by atoms with Crippen molar-refractivity contribution >= 4 is 11.6 Å². The maximum absolute atomic E-state index is 11.9. The number of Topliss-reactive ketones (excluding diaryl/α,β-unsaturated/α-hetero) is 2. The van der Waals surface area contributed by atoms with Gasteiger partial charge in [-0.25, -0.2) is 0 Å². The summed E-state index contributed by atoms with van der Waals surface area (Å²) in [6.45, 7) is 6.73. The van der Waals surface area contributed by atoms with Gasteiger partial charge in [-0.15, -0.1) is 0 Å². The van der Waals surface area contributed by atoms with Crippen LogP contribution in [-0.4, -0.2) is 16.7 Å². The molecule has 0 aromatic heterocycles. The molecule has 2 aromatic carbocycles. The highest BCUT2D eigenvalue weighted by Crippen LogP contribution is 2.52. The molecule has 216 valence electrons. The molecule has 0 heterocycles. The first-order chi connectivity index (χ1) is 19.3. The molecule has 2 fully saturated rings. The molecule has 0 amide bonds. The standard InChI is InChI=1S/C19H26O.C18H24O2/c1-3-10-19-11-9-17(20)13-16(19)6-4-5-15-12-14(2)7-8-18(15)19;1-2-9-18-10-8-16(20)12-14(18)5-3-4-13-11-15(19)6-7-17(13)18/h7-8,12,16H,3-6,9-11,13H2,1-2H3;6-7,11,14,19H,2-5,8-10,12H2,1H3/t16-,19+;/m0./s1. The summed E-state index contributed by atoms with van der Waals surface area (Å²) in [6, 6.07) is 13.0. The molecule has 2 unspecified atom stereocenters. The molecule has 0 radical (unpaired) electrons. The largest absolute Gasteiger partial charge is 0.508 e. The maximum Gasteiger partial charge on any atom is 0.133 e. The third-order valence-electron chi connectivity index (χ3n) is 11.0. The summed E-state index contributed by atoms with van der Waals surface area (Å²) in [5.74, 6) is 2.42. The first kappa shape index (κ1) is 29.1. The predicted octanol–water partition coefficient (Wildman–Crippen LogP) is 8.87. The third kappa shape index (κ3) is 5.55. The lowest BCUT2D eigenvalue weighted by molar-refractivity contribution is -0.124. The monoisotopic (exact) mass is 542 g/mol. The minimum absolute atomic E-state index is 0.183. The van der Waals surface area contributed by atoms with Crippen LogP contribution in [0.2, 0.25) is 0 Å². The van der Waals surface area contributed by atoms with Gasteiger partial charge in [-0.3, -0.25) is 9.59 Å². The summed E-state index contributed by atoms with van der Waals surface area (Å²) in [5.41, 5.74) is 7.74. The number of carbonyl (C=O) groups excluding carboxylic acids is 2. The van der Waals surface area contributed by atoms with E-state index in [-0.39, 0.29) is 5.41 Å². The van der Waals surface area contributed by atoms with Crippen LogP contribution in [0.15, 0.2) is 36.4 Å². The first-order valence-corrected chi connectivity index (χ1v) is 16.3. The predicted molar refractivity (Wildman–Crippen MR) is 163 cm³/mol. The molecule has 0 aliphatic heterocycles. The van der Waals surface area contributed by atoms with Gasteiger partial charge in [-0.2, -0.15) is 0 Å². The molecule has 4 aliphatic carbocycles. The molecule has 2 aromatic rings. The van der Waals surface area contributed by atoms with Crippen LogP contribution in [0.1, 0.15) is 132 Å². The summed E-state index contributed by atoms with van der Waals surface area (Å²) >= 11 is 0. The number of phenolic OH excluding ortho intramolecular Hbond substituents is 1. The van der Waals surface area contributed by atoms with Gasteiger partial charge in [0, 0.05) is 25.7 Å². The van der Waals surface area contributed by atoms with Crippen LogP contribution in [0, 0.1) is 18.8 Å². The number of hydrogen-bond donors (Lipinski definition) is 1. The van der Waals surface area contributed by atoms with E-state index >= 15 is 0 Å². The Bertz CT molecular complexity index is 1130. The fourth-order valence-corrected chi connectivity index (χ4v) is 9.33. The van der Waals surface area contributed by atoms with Crippen LogP contribution in [0.5, 0.6) is 5.75 Å². The van der Waals surface area contributed by atoms with Gasteiger partial charge in [-0.1, -0.05) is 56.5 Å². The van der Waals surface area contributed by atoms with E-state index in [1.807, 2.05) is 12.1 Å². The van der Waals surface area contributed by atoms with Crippen molar-refractivity contribution in [2.75, 3.05) is 0 Å². The highest BCUT2D eigenvalue weighted by molar-refractivity contribution is 5.80. The molecule has 6 rings (SSSR count). The number of hydrogen-bond acceptors (Lipinski definition) is 3. The van der Waals surface area contributed by atoms with Gasteiger partial charge in [0.25, 0.3) is 0 Å². The van der Waals surface area contributed by atoms with Crippen molar-refractivity contribution < 1.29 is 14.7 Å². The summed E-state index contributed by atoms with van der Waals surface area (Å²) in [7, 11) is 0. The topological polar surface area (TPSA) is 54.4 Å². The molecule has 3 nitrogen and oxygen atoms in total. The summed E-state index contributed by atoms with van der Waals surface area (Å²) in [4.78, 5) is 23.8. The van der Waals surface area contributed by atoms with Crippen LogP contribution in [0.3, 0.4) is 0 Å². The lowest BCUT2D eigenvalue weighted by atomic mass is 9.59. The molecule has 40 heavy (non-hydrogen) atoms. The Labute approximate surface area is 242 Å². The van der Waals surface area contributed by atoms with Crippen LogP contribution in [0.25, 0.3) is 0 Å². The van der Waals surface area contributed by atoms with Crippen molar-refractivity contribution in [3.8, 4) is 5.75 Å². The Morgan fingerprint density at radius 1 is 0.725 bits per heavy atom. The van der Waals surface area contributed by atoms with E-state index < -0.39 is 0 Å². The lowest BCUT2D eigenvalue weighted by Gasteiger charge is -2.44. The Morgan fingerprint density at radius 3 is 1.75 bits per heavy atom. The fraction of sp³-hybridized carbons (Fsp3) is 0.622. The Hall–Kier alpha value is -2.42. The van der Waals surface area contributed by atoms with Crippen molar-refractivity contribution in [1.82, 2.24) is 0 Å². The van der Waals surface area contributed by atoms with Gasteiger partial charge >= 0.3 is 0 Å². The number of fused-ring (bicyclic) bond motifs is 6. The maximum atomic E-state index is 11.9. The molecule has 1 N–H and O–H groups in total. The number of aryl methyl sites for hydroxylation is 3. The highest BCUT2D eigenvalue weighted by atomic mass is 16.3. The van der Waals surface area contributed by atoms with E-state index in [2.05, 4.69) is 45.0 Å². The average Bonchev–Trinajstić information content (AvgIpc) is 3.17. The molecule has 0 saturated heterocycles. The second-order valence-corrected chi connectivity index (χ2v) is 13.5. The Balaban J connectivity index is 0.000000161. The zero-order valence-corrected chi connectivity index (χ0v) is 25.2. The summed E-state index contributed by atoms with van der Waals surface area (Å²) < 4.78 is 0. The van der Waals surface area contributed by atoms with Crippen LogP contribution in [-0.2, 0) is 33.3 Å². The second-order valence-electron chi connectivity index (χ2n) is 13.5. The van der Waals surface area contributed by atoms with Gasteiger partial charge in [0.15, 0.2) is 0 Å². The number of phenols is 1. The molecule has 0 spiro atoms. The second kappa shape index (κ2) is 12.2. The zero-order valence-electron chi connectivity index (χ0n) is 25.2. The van der Waals surface area contributed by atoms with E-state index in [9.17, 15) is 14.7 Å². The van der Waals surface area contributed by atoms with E-state index in [0.29, 0.717) is 34.6 Å². The van der Waals surface area contributed by atoms with Crippen LogP contribution in [0.4, 0.5) is 0 Å². The van der Waals surface area contributed by atoms with E-state index in [1.54, 1.807) is 11.1 Å². The quantitative estimate of drug-likeness (QED) is 0.420. The number of carbonyl (C=O) groups is 2. The molecular weight excluding hydrogens is 492 g/mol. The van der Waals surface area contributed by atoms with Crippen LogP contribution < -0.4 is 0 Å². The van der Waals surface area contributed by atoms with E-state index in [4.69, 9.17) is 0 Å². The molecule has 2 saturated carbocycles. The van der Waals surface area contributed by atoms with E-state index in [1.165, 1.54) is 55.2 Å². The van der Waals surface area contributed by atoms with Crippen molar-refractivity contribution in [3.05, 3.63) is 64.2 Å². The molecule has 3 heteroatoms.